The molecule has 0 aromatic heterocycles. The van der Waals surface area contributed by atoms with Crippen molar-refractivity contribution in [2.75, 3.05) is 0 Å². The SMILES string of the molecule is O=C(/C=C/c1ccccc1)c1c(F)cc(Br)cc1F. The highest BCUT2D eigenvalue weighted by Gasteiger charge is 2.15. The van der Waals surface area contributed by atoms with Gasteiger partial charge in [0.1, 0.15) is 11.6 Å². The Morgan fingerprint density at radius 3 is 2.21 bits per heavy atom. The second kappa shape index (κ2) is 5.89. The lowest BCUT2D eigenvalue weighted by molar-refractivity contribution is 0.104. The van der Waals surface area contributed by atoms with Gasteiger partial charge in [-0.1, -0.05) is 52.3 Å². The predicted octanol–water partition coefficient (Wildman–Crippen LogP) is 4.62. The van der Waals surface area contributed by atoms with Crippen molar-refractivity contribution >= 4 is 27.8 Å². The van der Waals surface area contributed by atoms with E-state index in [1.165, 1.54) is 6.08 Å². The van der Waals surface area contributed by atoms with E-state index in [1.54, 1.807) is 12.1 Å². The van der Waals surface area contributed by atoms with Gasteiger partial charge in [-0.05, 0) is 23.8 Å². The first-order chi connectivity index (χ1) is 9.08. The van der Waals surface area contributed by atoms with Gasteiger partial charge in [-0.25, -0.2) is 8.78 Å². The van der Waals surface area contributed by atoms with Crippen LogP contribution in [0.4, 0.5) is 8.78 Å². The van der Waals surface area contributed by atoms with E-state index in [0.717, 1.165) is 23.8 Å². The number of allylic oxidation sites excluding steroid dienone is 1. The first-order valence-electron chi connectivity index (χ1n) is 5.50. The summed E-state index contributed by atoms with van der Waals surface area (Å²) in [4.78, 5) is 11.8. The van der Waals surface area contributed by atoms with Crippen LogP contribution in [-0.4, -0.2) is 5.78 Å². The van der Waals surface area contributed by atoms with Gasteiger partial charge in [0.2, 0.25) is 0 Å². The zero-order chi connectivity index (χ0) is 13.8. The molecule has 0 aliphatic rings. The van der Waals surface area contributed by atoms with Crippen LogP contribution in [0.3, 0.4) is 0 Å². The Balaban J connectivity index is 2.29. The van der Waals surface area contributed by atoms with Gasteiger partial charge in [-0.3, -0.25) is 4.79 Å². The van der Waals surface area contributed by atoms with Crippen molar-refractivity contribution < 1.29 is 13.6 Å². The van der Waals surface area contributed by atoms with E-state index in [1.807, 2.05) is 18.2 Å². The molecule has 0 aliphatic carbocycles. The average Bonchev–Trinajstić information content (AvgIpc) is 2.36. The van der Waals surface area contributed by atoms with Gasteiger partial charge < -0.3 is 0 Å². The van der Waals surface area contributed by atoms with Crippen LogP contribution >= 0.6 is 15.9 Å². The summed E-state index contributed by atoms with van der Waals surface area (Å²) in [6.07, 6.45) is 2.67. The number of hydrogen-bond acceptors (Lipinski definition) is 1. The Morgan fingerprint density at radius 2 is 1.63 bits per heavy atom. The highest BCUT2D eigenvalue weighted by atomic mass is 79.9. The van der Waals surface area contributed by atoms with Crippen molar-refractivity contribution in [3.05, 3.63) is 75.8 Å². The first-order valence-corrected chi connectivity index (χ1v) is 6.29. The van der Waals surface area contributed by atoms with Crippen LogP contribution in [0.15, 0.2) is 53.0 Å². The van der Waals surface area contributed by atoms with Crippen LogP contribution < -0.4 is 0 Å². The average molecular weight is 323 g/mol. The summed E-state index contributed by atoms with van der Waals surface area (Å²) in [6.45, 7) is 0. The summed E-state index contributed by atoms with van der Waals surface area (Å²) in [5, 5.41) is 0. The number of halogens is 3. The van der Waals surface area contributed by atoms with Gasteiger partial charge in [-0.2, -0.15) is 0 Å². The summed E-state index contributed by atoms with van der Waals surface area (Å²) in [5.74, 6) is -2.46. The molecule has 0 spiro atoms. The molecular weight excluding hydrogens is 314 g/mol. The first kappa shape index (κ1) is 13.6. The molecule has 2 aromatic carbocycles. The van der Waals surface area contributed by atoms with E-state index in [4.69, 9.17) is 0 Å². The van der Waals surface area contributed by atoms with E-state index in [9.17, 15) is 13.6 Å². The molecule has 0 saturated carbocycles. The van der Waals surface area contributed by atoms with Gasteiger partial charge in [0.15, 0.2) is 5.78 Å². The molecule has 0 bridgehead atoms. The molecule has 4 heteroatoms. The Morgan fingerprint density at radius 1 is 1.05 bits per heavy atom. The van der Waals surface area contributed by atoms with E-state index < -0.39 is 23.0 Å². The number of rotatable bonds is 3. The molecule has 0 atom stereocenters. The van der Waals surface area contributed by atoms with Crippen molar-refractivity contribution in [2.45, 2.75) is 0 Å². The Labute approximate surface area is 117 Å². The molecule has 0 N–H and O–H groups in total. The number of carbonyl (C=O) groups is 1. The quantitative estimate of drug-likeness (QED) is 0.595. The molecule has 0 aliphatic heterocycles. The fraction of sp³-hybridized carbons (Fsp3) is 0. The molecule has 1 nitrogen and oxygen atoms in total. The summed E-state index contributed by atoms with van der Waals surface area (Å²) in [7, 11) is 0. The summed E-state index contributed by atoms with van der Waals surface area (Å²) in [5.41, 5.74) is 0.240. The standard InChI is InChI=1S/C15H9BrF2O/c16-11-8-12(17)15(13(18)9-11)14(19)7-6-10-4-2-1-3-5-10/h1-9H/b7-6+. The third-order valence-electron chi connectivity index (χ3n) is 2.48. The number of hydrogen-bond donors (Lipinski definition) is 0. The Hall–Kier alpha value is -1.81. The fourth-order valence-corrected chi connectivity index (χ4v) is 2.00. The van der Waals surface area contributed by atoms with Gasteiger partial charge in [0.25, 0.3) is 0 Å². The summed E-state index contributed by atoms with van der Waals surface area (Å²) < 4.78 is 27.4. The lowest BCUT2D eigenvalue weighted by atomic mass is 10.1. The van der Waals surface area contributed by atoms with Gasteiger partial charge in [0, 0.05) is 4.47 Å². The molecule has 0 heterocycles. The van der Waals surface area contributed by atoms with Crippen molar-refractivity contribution in [2.24, 2.45) is 0 Å². The number of ketones is 1. The maximum atomic E-state index is 13.6. The second-order valence-electron chi connectivity index (χ2n) is 3.85. The van der Waals surface area contributed by atoms with Gasteiger partial charge in [0.05, 0.1) is 5.56 Å². The molecule has 0 fully saturated rings. The molecule has 2 aromatic rings. The highest BCUT2D eigenvalue weighted by Crippen LogP contribution is 2.20. The highest BCUT2D eigenvalue weighted by molar-refractivity contribution is 9.10. The zero-order valence-electron chi connectivity index (χ0n) is 9.74. The Bertz CT molecular complexity index is 613. The monoisotopic (exact) mass is 322 g/mol. The lowest BCUT2D eigenvalue weighted by Gasteiger charge is -2.01. The summed E-state index contributed by atoms with van der Waals surface area (Å²) >= 11 is 2.96. The molecule has 0 radical (unpaired) electrons. The molecule has 0 unspecified atom stereocenters. The normalized spacial score (nSPS) is 10.9. The largest absolute Gasteiger partial charge is 0.289 e. The van der Waals surface area contributed by atoms with Gasteiger partial charge in [-0.15, -0.1) is 0 Å². The minimum Gasteiger partial charge on any atom is -0.289 e. The Kier molecular flexibility index (Phi) is 4.22. The van der Waals surface area contributed by atoms with Crippen LogP contribution in [0.1, 0.15) is 15.9 Å². The summed E-state index contributed by atoms with van der Waals surface area (Å²) in [6, 6.07) is 11.2. The maximum absolute atomic E-state index is 13.6. The van der Waals surface area contributed by atoms with Crippen molar-refractivity contribution in [1.82, 2.24) is 0 Å². The number of benzene rings is 2. The van der Waals surface area contributed by atoms with Crippen molar-refractivity contribution in [3.63, 3.8) is 0 Å². The third-order valence-corrected chi connectivity index (χ3v) is 2.94. The molecule has 96 valence electrons. The van der Waals surface area contributed by atoms with E-state index in [-0.39, 0.29) is 4.47 Å². The van der Waals surface area contributed by atoms with Crippen LogP contribution in [-0.2, 0) is 0 Å². The molecular formula is C15H9BrF2O. The smallest absolute Gasteiger partial charge is 0.191 e. The van der Waals surface area contributed by atoms with E-state index >= 15 is 0 Å². The molecule has 2 rings (SSSR count). The molecule has 0 amide bonds. The minimum absolute atomic E-state index is 0.256. The zero-order valence-corrected chi connectivity index (χ0v) is 11.3. The third kappa shape index (κ3) is 3.35. The topological polar surface area (TPSA) is 17.1 Å². The lowest BCUT2D eigenvalue weighted by Crippen LogP contribution is -2.03. The van der Waals surface area contributed by atoms with E-state index in [0.29, 0.717) is 0 Å². The van der Waals surface area contributed by atoms with Crippen LogP contribution in [0.5, 0.6) is 0 Å². The number of carbonyl (C=O) groups excluding carboxylic acids is 1. The molecule has 0 saturated heterocycles. The maximum Gasteiger partial charge on any atom is 0.191 e. The van der Waals surface area contributed by atoms with E-state index in [2.05, 4.69) is 15.9 Å². The predicted molar refractivity (Wildman–Crippen MR) is 73.9 cm³/mol. The van der Waals surface area contributed by atoms with Crippen molar-refractivity contribution in [1.29, 1.82) is 0 Å². The molecule has 19 heavy (non-hydrogen) atoms. The van der Waals surface area contributed by atoms with Crippen LogP contribution in [0.25, 0.3) is 6.08 Å². The fourth-order valence-electron chi connectivity index (χ4n) is 1.60. The van der Waals surface area contributed by atoms with Gasteiger partial charge >= 0.3 is 0 Å². The van der Waals surface area contributed by atoms with Crippen LogP contribution in [0, 0.1) is 11.6 Å². The second-order valence-corrected chi connectivity index (χ2v) is 4.77. The minimum atomic E-state index is -0.880. The van der Waals surface area contributed by atoms with Crippen LogP contribution in [0.2, 0.25) is 0 Å². The van der Waals surface area contributed by atoms with Crippen molar-refractivity contribution in [3.8, 4) is 0 Å².